The highest BCUT2D eigenvalue weighted by Crippen LogP contribution is 2.39. The van der Waals surface area contributed by atoms with Gasteiger partial charge in [-0.25, -0.2) is 0 Å². The van der Waals surface area contributed by atoms with Crippen LogP contribution in [0.15, 0.2) is 84.5 Å². The van der Waals surface area contributed by atoms with Gasteiger partial charge in [0.2, 0.25) is 5.91 Å². The molecule has 26 heavy (non-hydrogen) atoms. The maximum atomic E-state index is 12.4. The summed E-state index contributed by atoms with van der Waals surface area (Å²) in [4.78, 5) is 12.4. The van der Waals surface area contributed by atoms with Crippen molar-refractivity contribution >= 4 is 5.91 Å². The zero-order chi connectivity index (χ0) is 18.5. The van der Waals surface area contributed by atoms with Gasteiger partial charge in [0.15, 0.2) is 0 Å². The number of allylic oxidation sites excluding steroid dienone is 2. The highest BCUT2D eigenvalue weighted by Gasteiger charge is 2.31. The molecule has 2 aromatic carbocycles. The molecule has 0 saturated heterocycles. The van der Waals surface area contributed by atoms with Crippen molar-refractivity contribution in [3.05, 3.63) is 95.6 Å². The first kappa shape index (κ1) is 18.2. The Kier molecular flexibility index (Phi) is 5.69. The number of amides is 1. The van der Waals surface area contributed by atoms with Gasteiger partial charge in [-0.3, -0.25) is 4.79 Å². The molecule has 0 bridgehead atoms. The number of carbonyl (C=O) groups excluding carboxylic acids is 1. The molecule has 3 atom stereocenters. The Morgan fingerprint density at radius 3 is 2.12 bits per heavy atom. The number of aliphatic hydroxyl groups excluding tert-OH is 1. The minimum Gasteiger partial charge on any atom is -0.387 e. The molecule has 0 fully saturated rings. The van der Waals surface area contributed by atoms with E-state index in [9.17, 15) is 9.90 Å². The summed E-state index contributed by atoms with van der Waals surface area (Å²) < 4.78 is 0. The van der Waals surface area contributed by atoms with Crippen LogP contribution < -0.4 is 5.32 Å². The SMILES string of the molecule is CC(C)C(=O)N[C@@H](C1=CC=CC1[C@H](O)c1ccccc1)c1ccccc1. The molecule has 3 heteroatoms. The van der Waals surface area contributed by atoms with Crippen LogP contribution in [0.5, 0.6) is 0 Å². The standard InChI is InChI=1S/C23H25NO2/c1-16(2)23(26)24-21(17-10-5-3-6-11-17)19-14-9-15-20(19)22(25)18-12-7-4-8-13-18/h3-16,20-22,25H,1-2H3,(H,24,26)/t20?,21-,22-/m1/s1. The number of benzene rings is 2. The third kappa shape index (κ3) is 3.94. The second-order valence-corrected chi connectivity index (χ2v) is 6.94. The van der Waals surface area contributed by atoms with E-state index in [1.165, 1.54) is 0 Å². The van der Waals surface area contributed by atoms with Crippen molar-refractivity contribution in [2.75, 3.05) is 0 Å². The van der Waals surface area contributed by atoms with Gasteiger partial charge in [0, 0.05) is 11.8 Å². The molecule has 0 heterocycles. The monoisotopic (exact) mass is 347 g/mol. The van der Waals surface area contributed by atoms with Gasteiger partial charge < -0.3 is 10.4 Å². The first-order valence-electron chi connectivity index (χ1n) is 9.04. The lowest BCUT2D eigenvalue weighted by Crippen LogP contribution is -2.34. The number of carbonyl (C=O) groups is 1. The minimum atomic E-state index is -0.650. The van der Waals surface area contributed by atoms with E-state index in [1.54, 1.807) is 0 Å². The van der Waals surface area contributed by atoms with Crippen molar-refractivity contribution in [1.82, 2.24) is 5.32 Å². The fourth-order valence-corrected chi connectivity index (χ4v) is 3.26. The summed E-state index contributed by atoms with van der Waals surface area (Å²) in [6.45, 7) is 3.77. The van der Waals surface area contributed by atoms with Crippen LogP contribution in [0.1, 0.15) is 37.1 Å². The van der Waals surface area contributed by atoms with Crippen molar-refractivity contribution in [3.8, 4) is 0 Å². The molecule has 2 N–H and O–H groups in total. The number of aliphatic hydroxyl groups is 1. The predicted molar refractivity (Wildman–Crippen MR) is 104 cm³/mol. The maximum absolute atomic E-state index is 12.4. The highest BCUT2D eigenvalue weighted by molar-refractivity contribution is 5.79. The largest absolute Gasteiger partial charge is 0.387 e. The van der Waals surface area contributed by atoms with Gasteiger partial charge in [-0.1, -0.05) is 92.7 Å². The van der Waals surface area contributed by atoms with E-state index in [0.717, 1.165) is 16.7 Å². The average Bonchev–Trinajstić information content (AvgIpc) is 3.16. The van der Waals surface area contributed by atoms with E-state index in [0.29, 0.717) is 0 Å². The van der Waals surface area contributed by atoms with Crippen molar-refractivity contribution < 1.29 is 9.90 Å². The molecular weight excluding hydrogens is 322 g/mol. The molecule has 0 aromatic heterocycles. The van der Waals surface area contributed by atoms with E-state index >= 15 is 0 Å². The molecule has 0 saturated carbocycles. The molecule has 0 radical (unpaired) electrons. The number of nitrogens with one attached hydrogen (secondary N) is 1. The van der Waals surface area contributed by atoms with E-state index in [-0.39, 0.29) is 23.8 Å². The maximum Gasteiger partial charge on any atom is 0.223 e. The van der Waals surface area contributed by atoms with E-state index in [4.69, 9.17) is 0 Å². The highest BCUT2D eigenvalue weighted by atomic mass is 16.3. The first-order chi connectivity index (χ1) is 12.6. The molecule has 134 valence electrons. The molecule has 3 rings (SSSR count). The van der Waals surface area contributed by atoms with Gasteiger partial charge in [-0.15, -0.1) is 0 Å². The van der Waals surface area contributed by atoms with Crippen LogP contribution in [-0.4, -0.2) is 11.0 Å². The Hall–Kier alpha value is -2.65. The smallest absolute Gasteiger partial charge is 0.223 e. The van der Waals surface area contributed by atoms with Crippen LogP contribution in [0.25, 0.3) is 0 Å². The molecule has 0 spiro atoms. The zero-order valence-electron chi connectivity index (χ0n) is 15.2. The van der Waals surface area contributed by atoms with Crippen molar-refractivity contribution in [2.45, 2.75) is 26.0 Å². The van der Waals surface area contributed by atoms with Gasteiger partial charge >= 0.3 is 0 Å². The molecule has 1 unspecified atom stereocenters. The van der Waals surface area contributed by atoms with Crippen LogP contribution in [0.2, 0.25) is 0 Å². The quantitative estimate of drug-likeness (QED) is 0.816. The van der Waals surface area contributed by atoms with Crippen molar-refractivity contribution in [1.29, 1.82) is 0 Å². The first-order valence-corrected chi connectivity index (χ1v) is 9.04. The number of hydrogen-bond donors (Lipinski definition) is 2. The lowest BCUT2D eigenvalue weighted by atomic mass is 9.84. The van der Waals surface area contributed by atoms with E-state index < -0.39 is 6.10 Å². The van der Waals surface area contributed by atoms with E-state index in [1.807, 2.05) is 92.7 Å². The third-order valence-electron chi connectivity index (χ3n) is 4.75. The van der Waals surface area contributed by atoms with Gasteiger partial charge in [0.1, 0.15) is 0 Å². The molecule has 3 nitrogen and oxygen atoms in total. The van der Waals surface area contributed by atoms with Gasteiger partial charge in [0.05, 0.1) is 12.1 Å². The average molecular weight is 347 g/mol. The Balaban J connectivity index is 1.91. The summed E-state index contributed by atoms with van der Waals surface area (Å²) in [6, 6.07) is 19.3. The van der Waals surface area contributed by atoms with Crippen LogP contribution in [0, 0.1) is 11.8 Å². The van der Waals surface area contributed by atoms with Crippen molar-refractivity contribution in [3.63, 3.8) is 0 Å². The number of hydrogen-bond acceptors (Lipinski definition) is 2. The molecule has 0 aliphatic heterocycles. The normalized spacial score (nSPS) is 18.5. The lowest BCUT2D eigenvalue weighted by molar-refractivity contribution is -0.124. The van der Waals surface area contributed by atoms with Crippen LogP contribution in [0.4, 0.5) is 0 Å². The Morgan fingerprint density at radius 1 is 0.962 bits per heavy atom. The summed E-state index contributed by atoms with van der Waals surface area (Å²) in [7, 11) is 0. The Labute approximate surface area is 155 Å². The van der Waals surface area contributed by atoms with Gasteiger partial charge in [-0.2, -0.15) is 0 Å². The lowest BCUT2D eigenvalue weighted by Gasteiger charge is -2.29. The minimum absolute atomic E-state index is 0.000367. The number of rotatable bonds is 6. The van der Waals surface area contributed by atoms with Crippen LogP contribution in [0.3, 0.4) is 0 Å². The summed E-state index contributed by atoms with van der Waals surface area (Å²) in [5, 5.41) is 14.1. The molecular formula is C23H25NO2. The Morgan fingerprint density at radius 2 is 1.54 bits per heavy atom. The molecule has 1 amide bonds. The van der Waals surface area contributed by atoms with Gasteiger partial charge in [0.25, 0.3) is 0 Å². The summed E-state index contributed by atoms with van der Waals surface area (Å²) in [6.07, 6.45) is 5.33. The van der Waals surface area contributed by atoms with Crippen LogP contribution in [-0.2, 0) is 4.79 Å². The zero-order valence-corrected chi connectivity index (χ0v) is 15.2. The second-order valence-electron chi connectivity index (χ2n) is 6.94. The predicted octanol–water partition coefficient (Wildman–Crippen LogP) is 4.35. The summed E-state index contributed by atoms with van der Waals surface area (Å²) in [5.74, 6) is -0.275. The fourth-order valence-electron chi connectivity index (χ4n) is 3.26. The molecule has 1 aliphatic rings. The van der Waals surface area contributed by atoms with Crippen LogP contribution >= 0.6 is 0 Å². The van der Waals surface area contributed by atoms with Crippen molar-refractivity contribution in [2.24, 2.45) is 11.8 Å². The topological polar surface area (TPSA) is 49.3 Å². The van der Waals surface area contributed by atoms with E-state index in [2.05, 4.69) is 5.32 Å². The summed E-state index contributed by atoms with van der Waals surface area (Å²) in [5.41, 5.74) is 2.89. The molecule has 1 aliphatic carbocycles. The fraction of sp³-hybridized carbons (Fsp3) is 0.261. The second kappa shape index (κ2) is 8.15. The molecule has 2 aromatic rings. The summed E-state index contributed by atoms with van der Waals surface area (Å²) >= 11 is 0. The third-order valence-corrected chi connectivity index (χ3v) is 4.75. The Bertz CT molecular complexity index is 793. The van der Waals surface area contributed by atoms with Gasteiger partial charge in [-0.05, 0) is 16.7 Å².